The molecule has 0 aliphatic rings. The Labute approximate surface area is 86.3 Å². The smallest absolute Gasteiger partial charge is 0.0689 e. The van der Waals surface area contributed by atoms with E-state index in [1.165, 1.54) is 5.56 Å². The molecule has 1 rings (SSSR count). The highest BCUT2D eigenvalue weighted by Crippen LogP contribution is 2.01. The van der Waals surface area contributed by atoms with Crippen LogP contribution in [0.3, 0.4) is 0 Å². The lowest BCUT2D eigenvalue weighted by molar-refractivity contribution is 0.563. The van der Waals surface area contributed by atoms with Gasteiger partial charge in [0.05, 0.1) is 6.04 Å². The summed E-state index contributed by atoms with van der Waals surface area (Å²) in [7, 11) is 2.02. The van der Waals surface area contributed by atoms with E-state index < -0.39 is 0 Å². The summed E-state index contributed by atoms with van der Waals surface area (Å²) < 4.78 is 2.04. The largest absolute Gasteiger partial charge is 0.357 e. The first kappa shape index (κ1) is 10.9. The molecule has 0 spiro atoms. The molecule has 2 heteroatoms. The Bertz CT molecular complexity index is 306. The lowest BCUT2D eigenvalue weighted by Gasteiger charge is -2.10. The number of hydrogen-bond acceptors (Lipinski definition) is 1. The Balaban J connectivity index is 2.36. The molecular weight excluding hydrogens is 172 g/mol. The van der Waals surface area contributed by atoms with Crippen molar-refractivity contribution in [3.05, 3.63) is 24.0 Å². The van der Waals surface area contributed by atoms with Gasteiger partial charge in [-0.2, -0.15) is 0 Å². The number of rotatable bonds is 5. The molecule has 0 aromatic carbocycles. The Hall–Kier alpha value is -1.20. The van der Waals surface area contributed by atoms with Gasteiger partial charge in [0, 0.05) is 26.0 Å². The first-order valence-electron chi connectivity index (χ1n) is 5.06. The lowest BCUT2D eigenvalue weighted by atomic mass is 10.2. The third-order valence-electron chi connectivity index (χ3n) is 2.22. The summed E-state index contributed by atoms with van der Waals surface area (Å²) >= 11 is 0. The summed E-state index contributed by atoms with van der Waals surface area (Å²) in [5.74, 6) is 2.76. The zero-order chi connectivity index (χ0) is 10.4. The van der Waals surface area contributed by atoms with Crippen LogP contribution in [0.2, 0.25) is 0 Å². The monoisotopic (exact) mass is 190 g/mol. The molecule has 0 radical (unpaired) electrons. The van der Waals surface area contributed by atoms with Gasteiger partial charge in [-0.15, -0.1) is 6.42 Å². The highest BCUT2D eigenvalue weighted by molar-refractivity contribution is 5.10. The van der Waals surface area contributed by atoms with Crippen molar-refractivity contribution >= 4 is 0 Å². The van der Waals surface area contributed by atoms with Gasteiger partial charge in [0.25, 0.3) is 0 Å². The van der Waals surface area contributed by atoms with Crippen LogP contribution >= 0.6 is 0 Å². The maximum absolute atomic E-state index is 5.41. The Morgan fingerprint density at radius 3 is 2.93 bits per heavy atom. The van der Waals surface area contributed by atoms with E-state index in [1.807, 2.05) is 17.8 Å². The molecule has 0 aliphatic carbocycles. The molecule has 1 aromatic rings. The zero-order valence-electron chi connectivity index (χ0n) is 8.96. The Morgan fingerprint density at radius 1 is 1.64 bits per heavy atom. The fourth-order valence-corrected chi connectivity index (χ4v) is 1.44. The SMILES string of the molecule is C#CC(CCC)NCc1ccn(C)c1. The van der Waals surface area contributed by atoms with Crippen molar-refractivity contribution < 1.29 is 0 Å². The number of aromatic nitrogens is 1. The third kappa shape index (κ3) is 3.27. The third-order valence-corrected chi connectivity index (χ3v) is 2.22. The molecule has 0 amide bonds. The molecule has 2 nitrogen and oxygen atoms in total. The highest BCUT2D eigenvalue weighted by Gasteiger charge is 2.02. The molecule has 1 N–H and O–H groups in total. The maximum atomic E-state index is 5.41. The molecule has 1 heterocycles. The van der Waals surface area contributed by atoms with Crippen LogP contribution in [0.15, 0.2) is 18.5 Å². The fraction of sp³-hybridized carbons (Fsp3) is 0.500. The van der Waals surface area contributed by atoms with Gasteiger partial charge in [0.2, 0.25) is 0 Å². The van der Waals surface area contributed by atoms with E-state index in [4.69, 9.17) is 6.42 Å². The van der Waals surface area contributed by atoms with Gasteiger partial charge in [0.1, 0.15) is 0 Å². The van der Waals surface area contributed by atoms with E-state index in [2.05, 4.69) is 30.4 Å². The average Bonchev–Trinajstić information content (AvgIpc) is 2.59. The molecule has 0 bridgehead atoms. The zero-order valence-corrected chi connectivity index (χ0v) is 8.96. The van der Waals surface area contributed by atoms with Crippen molar-refractivity contribution in [2.24, 2.45) is 7.05 Å². The van der Waals surface area contributed by atoms with Crippen molar-refractivity contribution in [2.45, 2.75) is 32.4 Å². The van der Waals surface area contributed by atoms with E-state index in [1.54, 1.807) is 0 Å². The van der Waals surface area contributed by atoms with Crippen LogP contribution in [0.25, 0.3) is 0 Å². The van der Waals surface area contributed by atoms with Crippen molar-refractivity contribution in [1.82, 2.24) is 9.88 Å². The van der Waals surface area contributed by atoms with E-state index in [9.17, 15) is 0 Å². The molecule has 0 aliphatic heterocycles. The first-order valence-corrected chi connectivity index (χ1v) is 5.06. The summed E-state index contributed by atoms with van der Waals surface area (Å²) in [6.45, 7) is 3.00. The van der Waals surface area contributed by atoms with Crippen LogP contribution < -0.4 is 5.32 Å². The number of aryl methyl sites for hydroxylation is 1. The number of hydrogen-bond donors (Lipinski definition) is 1. The number of nitrogens with zero attached hydrogens (tertiary/aromatic N) is 1. The summed E-state index contributed by atoms with van der Waals surface area (Å²) in [6, 6.07) is 2.31. The van der Waals surface area contributed by atoms with Crippen molar-refractivity contribution in [2.75, 3.05) is 0 Å². The summed E-state index contributed by atoms with van der Waals surface area (Å²) in [5, 5.41) is 3.35. The second kappa shape index (κ2) is 5.51. The molecule has 0 fully saturated rings. The second-order valence-electron chi connectivity index (χ2n) is 3.57. The minimum absolute atomic E-state index is 0.209. The van der Waals surface area contributed by atoms with Crippen LogP contribution in [-0.4, -0.2) is 10.6 Å². The van der Waals surface area contributed by atoms with Gasteiger partial charge < -0.3 is 4.57 Å². The fourth-order valence-electron chi connectivity index (χ4n) is 1.44. The molecular formula is C12H18N2. The molecule has 1 unspecified atom stereocenters. The van der Waals surface area contributed by atoms with Gasteiger partial charge in [-0.3, -0.25) is 5.32 Å². The van der Waals surface area contributed by atoms with Crippen LogP contribution in [0.1, 0.15) is 25.3 Å². The van der Waals surface area contributed by atoms with Crippen molar-refractivity contribution in [3.8, 4) is 12.3 Å². The van der Waals surface area contributed by atoms with Gasteiger partial charge in [0.15, 0.2) is 0 Å². The van der Waals surface area contributed by atoms with Crippen molar-refractivity contribution in [1.29, 1.82) is 0 Å². The van der Waals surface area contributed by atoms with Crippen molar-refractivity contribution in [3.63, 3.8) is 0 Å². The highest BCUT2D eigenvalue weighted by atomic mass is 14.9. The predicted octanol–water partition coefficient (Wildman–Crippen LogP) is 1.92. The molecule has 1 aromatic heterocycles. The van der Waals surface area contributed by atoms with E-state index >= 15 is 0 Å². The molecule has 0 saturated carbocycles. The second-order valence-corrected chi connectivity index (χ2v) is 3.57. The van der Waals surface area contributed by atoms with Crippen LogP contribution in [0.5, 0.6) is 0 Å². The van der Waals surface area contributed by atoms with E-state index in [0.717, 1.165) is 19.4 Å². The van der Waals surface area contributed by atoms with Crippen LogP contribution in [0, 0.1) is 12.3 Å². The summed E-state index contributed by atoms with van der Waals surface area (Å²) in [6.07, 6.45) is 11.7. The summed E-state index contributed by atoms with van der Waals surface area (Å²) in [4.78, 5) is 0. The molecule has 14 heavy (non-hydrogen) atoms. The molecule has 76 valence electrons. The summed E-state index contributed by atoms with van der Waals surface area (Å²) in [5.41, 5.74) is 1.28. The van der Waals surface area contributed by atoms with E-state index in [0.29, 0.717) is 0 Å². The number of nitrogens with one attached hydrogen (secondary N) is 1. The predicted molar refractivity (Wildman–Crippen MR) is 59.8 cm³/mol. The standard InChI is InChI=1S/C12H18N2/c1-4-6-12(5-2)13-9-11-7-8-14(3)10-11/h2,7-8,10,12-13H,4,6,9H2,1,3H3. The minimum Gasteiger partial charge on any atom is -0.357 e. The van der Waals surface area contributed by atoms with Crippen LogP contribution in [0.4, 0.5) is 0 Å². The average molecular weight is 190 g/mol. The van der Waals surface area contributed by atoms with Crippen LogP contribution in [-0.2, 0) is 13.6 Å². The first-order chi connectivity index (χ1) is 6.76. The Kier molecular flexibility index (Phi) is 4.28. The Morgan fingerprint density at radius 2 is 2.43 bits per heavy atom. The van der Waals surface area contributed by atoms with Gasteiger partial charge in [-0.05, 0) is 18.1 Å². The molecule has 1 atom stereocenters. The van der Waals surface area contributed by atoms with Gasteiger partial charge >= 0.3 is 0 Å². The normalized spacial score (nSPS) is 12.4. The maximum Gasteiger partial charge on any atom is 0.0689 e. The quantitative estimate of drug-likeness (QED) is 0.702. The lowest BCUT2D eigenvalue weighted by Crippen LogP contribution is -2.26. The van der Waals surface area contributed by atoms with Gasteiger partial charge in [-0.1, -0.05) is 19.3 Å². The number of terminal acetylenes is 1. The van der Waals surface area contributed by atoms with E-state index in [-0.39, 0.29) is 6.04 Å². The molecule has 0 saturated heterocycles. The van der Waals surface area contributed by atoms with Gasteiger partial charge in [-0.25, -0.2) is 0 Å². The topological polar surface area (TPSA) is 17.0 Å². The minimum atomic E-state index is 0.209.